The van der Waals surface area contributed by atoms with E-state index in [9.17, 15) is 9.90 Å². The first-order valence-corrected chi connectivity index (χ1v) is 10.9. The number of aromatic nitrogens is 1. The molecule has 0 spiro atoms. The number of carboxylic acids is 1. The van der Waals surface area contributed by atoms with Crippen molar-refractivity contribution in [2.24, 2.45) is 0 Å². The number of methoxy groups -OCH3 is 1. The second-order valence-corrected chi connectivity index (χ2v) is 8.29. The topological polar surface area (TPSA) is 63.5 Å². The molecule has 4 rings (SSSR count). The van der Waals surface area contributed by atoms with Gasteiger partial charge in [-0.3, -0.25) is 0 Å². The van der Waals surface area contributed by atoms with Crippen LogP contribution in [0.5, 0.6) is 5.75 Å². The monoisotopic (exact) mass is 418 g/mol. The Morgan fingerprint density at radius 3 is 2.58 bits per heavy atom. The van der Waals surface area contributed by atoms with Crippen LogP contribution < -0.4 is 10.1 Å². The second-order valence-electron chi connectivity index (χ2n) is 8.29. The first-order chi connectivity index (χ1) is 15.0. The van der Waals surface area contributed by atoms with Gasteiger partial charge in [0.1, 0.15) is 5.75 Å². The summed E-state index contributed by atoms with van der Waals surface area (Å²) in [5.41, 5.74) is 6.94. The minimum Gasteiger partial charge on any atom is -0.497 e. The maximum atomic E-state index is 12.1. The highest BCUT2D eigenvalue weighted by atomic mass is 16.5. The molecule has 0 radical (unpaired) electrons. The second kappa shape index (κ2) is 8.98. The summed E-state index contributed by atoms with van der Waals surface area (Å²) in [5, 5.41) is 13.6. The number of carboxylic acid groups (broad SMARTS) is 1. The number of aryl methyl sites for hydroxylation is 1. The van der Waals surface area contributed by atoms with Gasteiger partial charge < -0.3 is 19.7 Å². The highest BCUT2D eigenvalue weighted by Crippen LogP contribution is 2.31. The summed E-state index contributed by atoms with van der Waals surface area (Å²) in [6.45, 7) is 5.10. The molecule has 0 amide bonds. The van der Waals surface area contributed by atoms with Crippen molar-refractivity contribution in [2.45, 2.75) is 52.2 Å². The average molecular weight is 419 g/mol. The molecule has 2 N–H and O–H groups in total. The summed E-state index contributed by atoms with van der Waals surface area (Å²) >= 11 is 0. The lowest BCUT2D eigenvalue weighted by Crippen LogP contribution is -2.25. The van der Waals surface area contributed by atoms with Crippen molar-refractivity contribution in [3.8, 4) is 5.75 Å². The molecule has 1 heterocycles. The lowest BCUT2D eigenvalue weighted by Gasteiger charge is -2.26. The molecule has 3 aromatic rings. The van der Waals surface area contributed by atoms with E-state index in [0.29, 0.717) is 18.7 Å². The quantitative estimate of drug-likeness (QED) is 0.565. The van der Waals surface area contributed by atoms with E-state index in [1.807, 2.05) is 38.1 Å². The summed E-state index contributed by atoms with van der Waals surface area (Å²) in [6.07, 6.45) is 3.34. The fraction of sp³-hybridized carbons (Fsp3) is 0.346. The number of ether oxygens (including phenoxy) is 1. The number of benzene rings is 2. The van der Waals surface area contributed by atoms with E-state index in [1.165, 1.54) is 11.1 Å². The first-order valence-electron chi connectivity index (χ1n) is 10.9. The smallest absolute Gasteiger partial charge is 0.337 e. The van der Waals surface area contributed by atoms with Crippen molar-refractivity contribution in [3.63, 3.8) is 0 Å². The van der Waals surface area contributed by atoms with Crippen LogP contribution in [0, 0.1) is 13.8 Å². The van der Waals surface area contributed by atoms with Gasteiger partial charge in [-0.2, -0.15) is 0 Å². The highest BCUT2D eigenvalue weighted by Gasteiger charge is 2.25. The largest absolute Gasteiger partial charge is 0.497 e. The zero-order valence-corrected chi connectivity index (χ0v) is 18.4. The number of fused-ring (bicyclic) bond motifs is 1. The normalized spacial score (nSPS) is 15.5. The van der Waals surface area contributed by atoms with Gasteiger partial charge in [0.05, 0.1) is 12.7 Å². The Kier molecular flexibility index (Phi) is 6.14. The van der Waals surface area contributed by atoms with Gasteiger partial charge in [0.25, 0.3) is 0 Å². The van der Waals surface area contributed by atoms with Crippen LogP contribution in [-0.2, 0) is 19.5 Å². The third-order valence-corrected chi connectivity index (χ3v) is 6.52. The van der Waals surface area contributed by atoms with Gasteiger partial charge in [-0.1, -0.05) is 36.4 Å². The Hall–Kier alpha value is -3.05. The minimum absolute atomic E-state index is 0.260. The molecule has 0 fully saturated rings. The highest BCUT2D eigenvalue weighted by molar-refractivity contribution is 5.91. The summed E-state index contributed by atoms with van der Waals surface area (Å²) in [7, 11) is 1.65. The molecule has 162 valence electrons. The molecule has 1 atom stereocenters. The molecule has 0 bridgehead atoms. The molecule has 31 heavy (non-hydrogen) atoms. The van der Waals surface area contributed by atoms with E-state index in [0.717, 1.165) is 47.5 Å². The summed E-state index contributed by atoms with van der Waals surface area (Å²) in [5.74, 6) is -0.0523. The van der Waals surface area contributed by atoms with Crippen molar-refractivity contribution in [3.05, 3.63) is 87.7 Å². The summed E-state index contributed by atoms with van der Waals surface area (Å²) < 4.78 is 7.35. The number of rotatable bonds is 7. The van der Waals surface area contributed by atoms with Gasteiger partial charge in [0.15, 0.2) is 0 Å². The first kappa shape index (κ1) is 21.2. The zero-order valence-electron chi connectivity index (χ0n) is 18.4. The SMILES string of the molecule is COc1ccc(Cn2c(C)c(CNC3CCCc4ccccc43)c(C(=O)O)c2C)cc1. The van der Waals surface area contributed by atoms with Gasteiger partial charge in [-0.15, -0.1) is 0 Å². The summed E-state index contributed by atoms with van der Waals surface area (Å²) in [4.78, 5) is 12.1. The van der Waals surface area contributed by atoms with Gasteiger partial charge in [0, 0.05) is 36.1 Å². The van der Waals surface area contributed by atoms with Crippen LogP contribution in [0.1, 0.15) is 62.9 Å². The number of hydrogen-bond acceptors (Lipinski definition) is 3. The molecule has 1 aliphatic rings. The van der Waals surface area contributed by atoms with E-state index in [2.05, 4.69) is 34.1 Å². The minimum atomic E-state index is -0.866. The molecule has 0 saturated carbocycles. The van der Waals surface area contributed by atoms with Gasteiger partial charge in [0.2, 0.25) is 0 Å². The molecule has 0 aliphatic heterocycles. The van der Waals surface area contributed by atoms with Crippen molar-refractivity contribution in [1.82, 2.24) is 9.88 Å². The average Bonchev–Trinajstić information content (AvgIpc) is 3.02. The lowest BCUT2D eigenvalue weighted by molar-refractivity contribution is 0.0694. The third-order valence-electron chi connectivity index (χ3n) is 6.52. The zero-order chi connectivity index (χ0) is 22.0. The fourth-order valence-corrected chi connectivity index (χ4v) is 4.79. The number of nitrogens with zero attached hydrogens (tertiary/aromatic N) is 1. The molecule has 0 saturated heterocycles. The predicted molar refractivity (Wildman–Crippen MR) is 122 cm³/mol. The molecule has 5 nitrogen and oxygen atoms in total. The van der Waals surface area contributed by atoms with Crippen molar-refractivity contribution in [2.75, 3.05) is 7.11 Å². The van der Waals surface area contributed by atoms with Crippen LogP contribution in [0.15, 0.2) is 48.5 Å². The van der Waals surface area contributed by atoms with Gasteiger partial charge in [-0.05, 0) is 61.9 Å². The number of carbonyl (C=O) groups is 1. The standard InChI is InChI=1S/C26H30N2O3/c1-17-23(15-27-24-10-6-8-20-7-4-5-9-22(20)24)25(26(29)30)18(2)28(17)16-19-11-13-21(31-3)14-12-19/h4-5,7,9,11-14,24,27H,6,8,10,15-16H2,1-3H3,(H,29,30). The van der Waals surface area contributed by atoms with E-state index >= 15 is 0 Å². The number of aromatic carboxylic acids is 1. The van der Waals surface area contributed by atoms with E-state index < -0.39 is 5.97 Å². The van der Waals surface area contributed by atoms with Crippen molar-refractivity contribution < 1.29 is 14.6 Å². The molecular formula is C26H30N2O3. The van der Waals surface area contributed by atoms with Crippen LogP contribution in [0.4, 0.5) is 0 Å². The van der Waals surface area contributed by atoms with Crippen molar-refractivity contribution in [1.29, 1.82) is 0 Å². The van der Waals surface area contributed by atoms with Gasteiger partial charge in [-0.25, -0.2) is 4.79 Å². The van der Waals surface area contributed by atoms with E-state index in [4.69, 9.17) is 4.74 Å². The van der Waals surface area contributed by atoms with Crippen LogP contribution in [0.2, 0.25) is 0 Å². The van der Waals surface area contributed by atoms with Crippen LogP contribution in [0.3, 0.4) is 0 Å². The Morgan fingerprint density at radius 2 is 1.87 bits per heavy atom. The summed E-state index contributed by atoms with van der Waals surface area (Å²) in [6, 6.07) is 16.7. The predicted octanol–water partition coefficient (Wildman–Crippen LogP) is 5.03. The number of nitrogens with one attached hydrogen (secondary N) is 1. The van der Waals surface area contributed by atoms with Crippen molar-refractivity contribution >= 4 is 5.97 Å². The van der Waals surface area contributed by atoms with Crippen LogP contribution in [-0.4, -0.2) is 22.8 Å². The Morgan fingerprint density at radius 1 is 1.13 bits per heavy atom. The Balaban J connectivity index is 1.60. The lowest BCUT2D eigenvalue weighted by atomic mass is 9.87. The van der Waals surface area contributed by atoms with Crippen LogP contribution >= 0.6 is 0 Å². The Labute approximate surface area is 183 Å². The fourth-order valence-electron chi connectivity index (χ4n) is 4.79. The van der Waals surface area contributed by atoms with Gasteiger partial charge >= 0.3 is 5.97 Å². The molecule has 5 heteroatoms. The van der Waals surface area contributed by atoms with E-state index in [-0.39, 0.29) is 6.04 Å². The number of hydrogen-bond donors (Lipinski definition) is 2. The third kappa shape index (κ3) is 4.23. The maximum Gasteiger partial charge on any atom is 0.337 e. The molecule has 2 aromatic carbocycles. The van der Waals surface area contributed by atoms with Crippen LogP contribution in [0.25, 0.3) is 0 Å². The molecule has 1 unspecified atom stereocenters. The molecule has 1 aliphatic carbocycles. The maximum absolute atomic E-state index is 12.1. The molecule has 1 aromatic heterocycles. The Bertz CT molecular complexity index is 1080. The van der Waals surface area contributed by atoms with E-state index in [1.54, 1.807) is 7.11 Å². The molecular weight excluding hydrogens is 388 g/mol.